The molecule has 180 valence electrons. The molecule has 0 radical (unpaired) electrons. The van der Waals surface area contributed by atoms with Crippen LogP contribution in [0.5, 0.6) is 0 Å². The van der Waals surface area contributed by atoms with E-state index in [-0.39, 0.29) is 37.4 Å². The van der Waals surface area contributed by atoms with Gasteiger partial charge in [0.25, 0.3) is 5.91 Å². The van der Waals surface area contributed by atoms with E-state index in [1.54, 1.807) is 47.2 Å². The fraction of sp³-hybridized carbons (Fsp3) is 0.480. The molecule has 0 aliphatic carbocycles. The van der Waals surface area contributed by atoms with Crippen LogP contribution in [0.25, 0.3) is 0 Å². The van der Waals surface area contributed by atoms with Crippen molar-refractivity contribution in [2.45, 2.75) is 30.6 Å². The summed E-state index contributed by atoms with van der Waals surface area (Å²) in [6.45, 7) is 2.31. The molecule has 2 fully saturated rings. The molecule has 1 aromatic rings. The summed E-state index contributed by atoms with van der Waals surface area (Å²) in [6, 6.07) is 5.92. The summed E-state index contributed by atoms with van der Waals surface area (Å²) in [5, 5.41) is 10.3. The number of nitrogens with zero attached hydrogens (tertiary/aromatic N) is 3. The maximum absolute atomic E-state index is 14.1. The normalized spacial score (nSPS) is 34.8. The summed E-state index contributed by atoms with van der Waals surface area (Å²) in [6.07, 6.45) is 7.91. The number of likely N-dealkylation sites (N-methyl/N-ethyl adjacent to an activating group) is 1. The highest BCUT2D eigenvalue weighted by atomic mass is 35.5. The monoisotopic (exact) mass is 485 g/mol. The predicted octanol–water partition coefficient (Wildman–Crippen LogP) is 1.62. The summed E-state index contributed by atoms with van der Waals surface area (Å²) < 4.78 is 6.78. The molecule has 9 heteroatoms. The number of anilines is 1. The molecular formula is C25H28ClN3O5. The molecule has 5 rings (SSSR count). The van der Waals surface area contributed by atoms with Crippen LogP contribution in [0.15, 0.2) is 48.6 Å². The molecule has 1 spiro atoms. The maximum Gasteiger partial charge on any atom is 0.253 e. The summed E-state index contributed by atoms with van der Waals surface area (Å²) >= 11 is 6.04. The minimum atomic E-state index is -1.32. The number of β-amino-alcohol motifs (C(OH)–C–C–N with tert-alkyl or cyclic N) is 1. The number of fused-ring (bicyclic) bond motifs is 2. The first kappa shape index (κ1) is 23.1. The minimum Gasteiger partial charge on any atom is -0.395 e. The third kappa shape index (κ3) is 3.08. The van der Waals surface area contributed by atoms with E-state index in [0.29, 0.717) is 23.7 Å². The van der Waals surface area contributed by atoms with Gasteiger partial charge in [0.2, 0.25) is 11.8 Å². The van der Waals surface area contributed by atoms with Crippen molar-refractivity contribution in [1.82, 2.24) is 9.80 Å². The number of halogens is 1. The van der Waals surface area contributed by atoms with Gasteiger partial charge in [0.1, 0.15) is 11.6 Å². The van der Waals surface area contributed by atoms with Crippen molar-refractivity contribution in [3.05, 3.63) is 53.6 Å². The second-order valence-corrected chi connectivity index (χ2v) is 9.76. The summed E-state index contributed by atoms with van der Waals surface area (Å²) in [4.78, 5) is 46.1. The van der Waals surface area contributed by atoms with Crippen LogP contribution in [-0.4, -0.2) is 83.2 Å². The van der Waals surface area contributed by atoms with Gasteiger partial charge in [0.05, 0.1) is 24.0 Å². The predicted molar refractivity (Wildman–Crippen MR) is 126 cm³/mol. The highest BCUT2D eigenvalue weighted by Crippen LogP contribution is 2.58. The lowest BCUT2D eigenvalue weighted by Crippen LogP contribution is -2.56. The van der Waals surface area contributed by atoms with E-state index in [9.17, 15) is 19.5 Å². The number of rotatable bonds is 4. The second-order valence-electron chi connectivity index (χ2n) is 9.33. The van der Waals surface area contributed by atoms with Gasteiger partial charge in [-0.2, -0.15) is 0 Å². The van der Waals surface area contributed by atoms with Crippen LogP contribution in [0.3, 0.4) is 0 Å². The number of aliphatic hydroxyl groups excluding tert-OH is 1. The van der Waals surface area contributed by atoms with Crippen molar-refractivity contribution >= 4 is 35.0 Å². The summed E-state index contributed by atoms with van der Waals surface area (Å²) in [5.74, 6) is -2.46. The summed E-state index contributed by atoms with van der Waals surface area (Å²) in [5.41, 5.74) is -1.67. The third-order valence-electron chi connectivity index (χ3n) is 7.62. The van der Waals surface area contributed by atoms with Crippen LogP contribution in [0.2, 0.25) is 5.02 Å². The smallest absolute Gasteiger partial charge is 0.253 e. The number of hydrogen-bond donors (Lipinski definition) is 1. The molecule has 0 saturated carbocycles. The van der Waals surface area contributed by atoms with Crippen LogP contribution in [0.1, 0.15) is 13.3 Å². The minimum absolute atomic E-state index is 0.0230. The zero-order valence-corrected chi connectivity index (χ0v) is 19.9. The van der Waals surface area contributed by atoms with E-state index in [1.807, 2.05) is 25.2 Å². The Bertz CT molecular complexity index is 1090. The first-order chi connectivity index (χ1) is 16.3. The zero-order valence-electron chi connectivity index (χ0n) is 19.2. The number of aliphatic hydroxyl groups is 1. The fourth-order valence-electron chi connectivity index (χ4n) is 6.08. The molecule has 5 atom stereocenters. The quantitative estimate of drug-likeness (QED) is 0.655. The van der Waals surface area contributed by atoms with Crippen molar-refractivity contribution in [2.24, 2.45) is 11.8 Å². The second kappa shape index (κ2) is 8.22. The fourth-order valence-corrected chi connectivity index (χ4v) is 6.21. The SMILES string of the molecule is CC[C@@]12C=CCN(C)C(=O)[C@@H]1[C@H]1C(=O)N(CCO)C3C(=O)N(c4ccc(Cl)cc4)CC=C[C@@]31O2. The van der Waals surface area contributed by atoms with Crippen molar-refractivity contribution in [1.29, 1.82) is 0 Å². The van der Waals surface area contributed by atoms with Crippen LogP contribution in [-0.2, 0) is 19.1 Å². The average molecular weight is 486 g/mol. The van der Waals surface area contributed by atoms with Gasteiger partial charge in [-0.15, -0.1) is 0 Å². The van der Waals surface area contributed by atoms with Gasteiger partial charge in [-0.1, -0.05) is 42.8 Å². The van der Waals surface area contributed by atoms with Crippen molar-refractivity contribution < 1.29 is 24.2 Å². The molecule has 1 unspecified atom stereocenters. The van der Waals surface area contributed by atoms with Crippen LogP contribution in [0.4, 0.5) is 5.69 Å². The number of carbonyl (C=O) groups excluding carboxylic acids is 3. The van der Waals surface area contributed by atoms with E-state index in [4.69, 9.17) is 16.3 Å². The van der Waals surface area contributed by atoms with Gasteiger partial charge in [0.15, 0.2) is 0 Å². The van der Waals surface area contributed by atoms with Gasteiger partial charge in [-0.25, -0.2) is 0 Å². The number of ether oxygens (including phenoxy) is 1. The molecule has 0 aromatic heterocycles. The third-order valence-corrected chi connectivity index (χ3v) is 7.87. The molecular weight excluding hydrogens is 458 g/mol. The van der Waals surface area contributed by atoms with Gasteiger partial charge >= 0.3 is 0 Å². The van der Waals surface area contributed by atoms with E-state index in [2.05, 4.69) is 0 Å². The maximum atomic E-state index is 14.1. The Balaban J connectivity index is 1.66. The standard InChI is InChI=1S/C25H28ClN3O5/c1-3-24-10-4-12-27(2)21(31)18(24)19-22(32)29(14-15-30)20-23(33)28(13-5-11-25(19,20)34-24)17-8-6-16(26)7-9-17/h4-11,18-20,30H,3,12-15H2,1-2H3/t18-,19-,20?,24+,25-/m0/s1. The molecule has 34 heavy (non-hydrogen) atoms. The number of carbonyl (C=O) groups is 3. The number of benzene rings is 1. The molecule has 3 amide bonds. The number of likely N-dealkylation sites (tertiary alicyclic amines) is 1. The molecule has 4 heterocycles. The van der Waals surface area contributed by atoms with Crippen LogP contribution in [0, 0.1) is 11.8 Å². The lowest BCUT2D eigenvalue weighted by Gasteiger charge is -2.38. The zero-order chi connectivity index (χ0) is 24.3. The topological polar surface area (TPSA) is 90.4 Å². The Morgan fingerprint density at radius 1 is 1.03 bits per heavy atom. The average Bonchev–Trinajstić information content (AvgIpc) is 3.11. The van der Waals surface area contributed by atoms with Gasteiger partial charge in [-0.05, 0) is 30.7 Å². The van der Waals surface area contributed by atoms with Gasteiger partial charge in [-0.3, -0.25) is 14.4 Å². The van der Waals surface area contributed by atoms with Crippen molar-refractivity contribution in [2.75, 3.05) is 38.2 Å². The number of hydrogen-bond acceptors (Lipinski definition) is 5. The molecule has 8 nitrogen and oxygen atoms in total. The van der Waals surface area contributed by atoms with Crippen LogP contribution >= 0.6 is 11.6 Å². The van der Waals surface area contributed by atoms with Crippen molar-refractivity contribution in [3.8, 4) is 0 Å². The molecule has 0 bridgehead atoms. The molecule has 2 saturated heterocycles. The van der Waals surface area contributed by atoms with E-state index < -0.39 is 29.1 Å². The Morgan fingerprint density at radius 3 is 2.41 bits per heavy atom. The number of amides is 3. The molecule has 1 N–H and O–H groups in total. The van der Waals surface area contributed by atoms with Crippen LogP contribution < -0.4 is 4.90 Å². The highest BCUT2D eigenvalue weighted by Gasteiger charge is 2.75. The largest absolute Gasteiger partial charge is 0.395 e. The lowest BCUT2D eigenvalue weighted by molar-refractivity contribution is -0.149. The molecule has 4 aliphatic rings. The van der Waals surface area contributed by atoms with E-state index in [1.165, 1.54) is 4.90 Å². The van der Waals surface area contributed by atoms with E-state index in [0.717, 1.165) is 0 Å². The highest BCUT2D eigenvalue weighted by molar-refractivity contribution is 6.30. The van der Waals surface area contributed by atoms with E-state index >= 15 is 0 Å². The Morgan fingerprint density at radius 2 is 1.74 bits per heavy atom. The van der Waals surface area contributed by atoms with Gasteiger partial charge in [0, 0.05) is 37.4 Å². The Hall–Kier alpha value is -2.68. The molecule has 1 aromatic carbocycles. The Kier molecular flexibility index (Phi) is 5.58. The summed E-state index contributed by atoms with van der Waals surface area (Å²) in [7, 11) is 1.71. The van der Waals surface area contributed by atoms with Gasteiger partial charge < -0.3 is 24.5 Å². The first-order valence-electron chi connectivity index (χ1n) is 11.6. The van der Waals surface area contributed by atoms with Crippen molar-refractivity contribution in [3.63, 3.8) is 0 Å². The lowest BCUT2D eigenvalue weighted by atomic mass is 9.73. The Labute approximate surface area is 203 Å². The first-order valence-corrected chi connectivity index (χ1v) is 12.0. The molecule has 4 aliphatic heterocycles.